The number of nitrogens with zero attached hydrogens (tertiary/aromatic N) is 1. The minimum Gasteiger partial charge on any atom is -0.485 e. The van der Waals surface area contributed by atoms with Crippen molar-refractivity contribution in [3.8, 4) is 5.75 Å². The van der Waals surface area contributed by atoms with Crippen LogP contribution in [0.4, 0.5) is 4.39 Å². The van der Waals surface area contributed by atoms with Gasteiger partial charge in [0.25, 0.3) is 0 Å². The number of H-pyrrole nitrogens is 1. The maximum absolute atomic E-state index is 13.9. The number of hydrogen-bond donors (Lipinski definition) is 1. The van der Waals surface area contributed by atoms with E-state index in [1.54, 1.807) is 18.3 Å². The predicted molar refractivity (Wildman–Crippen MR) is 105 cm³/mol. The molecule has 1 aliphatic rings. The largest absolute Gasteiger partial charge is 0.485 e. The van der Waals surface area contributed by atoms with Gasteiger partial charge in [0.1, 0.15) is 12.1 Å². The Balaban J connectivity index is 1.52. The number of halogens is 1. The van der Waals surface area contributed by atoms with Crippen molar-refractivity contribution in [2.24, 2.45) is 0 Å². The van der Waals surface area contributed by atoms with Crippen molar-refractivity contribution in [1.82, 2.24) is 9.88 Å². The molecule has 1 fully saturated rings. The molecule has 0 saturated carbocycles. The number of rotatable bonds is 5. The molecule has 4 rings (SSSR count). The Morgan fingerprint density at radius 2 is 1.93 bits per heavy atom. The molecule has 1 saturated heterocycles. The second-order valence-electron chi connectivity index (χ2n) is 7.03. The lowest BCUT2D eigenvalue weighted by molar-refractivity contribution is -0.150. The summed E-state index contributed by atoms with van der Waals surface area (Å²) in [5.74, 6) is -1.08. The number of nitrogens with one attached hydrogen (secondary N) is 1. The van der Waals surface area contributed by atoms with Crippen LogP contribution in [0.1, 0.15) is 12.0 Å². The maximum atomic E-state index is 13.9. The van der Waals surface area contributed by atoms with Gasteiger partial charge in [-0.25, -0.2) is 9.18 Å². The maximum Gasteiger partial charge on any atom is 0.328 e. The van der Waals surface area contributed by atoms with Crippen LogP contribution >= 0.6 is 0 Å². The molecule has 1 aliphatic heterocycles. The van der Waals surface area contributed by atoms with Gasteiger partial charge in [0, 0.05) is 23.5 Å². The molecule has 29 heavy (non-hydrogen) atoms. The molecular formula is C22H21FN2O4. The third-order valence-corrected chi connectivity index (χ3v) is 5.20. The lowest BCUT2D eigenvalue weighted by atomic mass is 10.1. The summed E-state index contributed by atoms with van der Waals surface area (Å²) in [4.78, 5) is 29.9. The summed E-state index contributed by atoms with van der Waals surface area (Å²) in [5, 5.41) is 0.967. The van der Waals surface area contributed by atoms with Gasteiger partial charge in [-0.15, -0.1) is 0 Å². The number of likely N-dealkylation sites (tertiary alicyclic amines) is 1. The molecule has 7 heteroatoms. The minimum atomic E-state index is -0.755. The van der Waals surface area contributed by atoms with Crippen molar-refractivity contribution < 1.29 is 23.5 Å². The molecule has 2 heterocycles. The van der Waals surface area contributed by atoms with E-state index in [0.29, 0.717) is 0 Å². The number of esters is 1. The van der Waals surface area contributed by atoms with Gasteiger partial charge in [-0.1, -0.05) is 30.3 Å². The highest BCUT2D eigenvalue weighted by molar-refractivity contribution is 5.91. The number of para-hydroxylation sites is 2. The number of methoxy groups -OCH3 is 1. The molecule has 0 radical (unpaired) electrons. The zero-order chi connectivity index (χ0) is 20.4. The summed E-state index contributed by atoms with van der Waals surface area (Å²) in [5.41, 5.74) is 1.80. The van der Waals surface area contributed by atoms with Gasteiger partial charge in [0.2, 0.25) is 5.91 Å². The lowest BCUT2D eigenvalue weighted by Gasteiger charge is -2.22. The number of carbonyl (C=O) groups excluding carboxylic acids is 2. The standard InChI is InChI=1S/C22H21FN2O4/c1-28-22(27)19-11-15(29-20-9-5-3-7-17(20)23)13-25(19)21(26)10-14-12-24-18-8-4-2-6-16(14)18/h2-9,12,15,19,24H,10-11,13H2,1H3/t15-,19+/m1/s1. The van der Waals surface area contributed by atoms with Crippen LogP contribution in [0.2, 0.25) is 0 Å². The molecule has 0 aliphatic carbocycles. The van der Waals surface area contributed by atoms with Gasteiger partial charge in [-0.3, -0.25) is 4.79 Å². The third kappa shape index (κ3) is 3.81. The first-order chi connectivity index (χ1) is 14.1. The van der Waals surface area contributed by atoms with Crippen LogP contribution in [-0.4, -0.2) is 47.6 Å². The van der Waals surface area contributed by atoms with Crippen LogP contribution in [0, 0.1) is 5.82 Å². The van der Waals surface area contributed by atoms with E-state index in [4.69, 9.17) is 9.47 Å². The highest BCUT2D eigenvalue weighted by Gasteiger charge is 2.41. The van der Waals surface area contributed by atoms with Gasteiger partial charge >= 0.3 is 5.97 Å². The number of aromatic amines is 1. The monoisotopic (exact) mass is 396 g/mol. The summed E-state index contributed by atoms with van der Waals surface area (Å²) in [7, 11) is 1.29. The van der Waals surface area contributed by atoms with Crippen molar-refractivity contribution in [3.05, 3.63) is 66.1 Å². The van der Waals surface area contributed by atoms with E-state index in [1.165, 1.54) is 24.1 Å². The molecular weight excluding hydrogens is 375 g/mol. The average molecular weight is 396 g/mol. The van der Waals surface area contributed by atoms with Gasteiger partial charge in [-0.05, 0) is 23.8 Å². The first-order valence-corrected chi connectivity index (χ1v) is 9.40. The fourth-order valence-corrected chi connectivity index (χ4v) is 3.78. The predicted octanol–water partition coefficient (Wildman–Crippen LogP) is 3.07. The number of carbonyl (C=O) groups is 2. The molecule has 6 nitrogen and oxygen atoms in total. The van der Waals surface area contributed by atoms with Crippen molar-refractivity contribution in [1.29, 1.82) is 0 Å². The molecule has 3 aromatic rings. The smallest absolute Gasteiger partial charge is 0.328 e. The van der Waals surface area contributed by atoms with E-state index >= 15 is 0 Å². The number of amides is 1. The Labute approximate surface area is 167 Å². The number of fused-ring (bicyclic) bond motifs is 1. The molecule has 2 aromatic carbocycles. The molecule has 1 N–H and O–H groups in total. The van der Waals surface area contributed by atoms with Gasteiger partial charge in [0.05, 0.1) is 20.1 Å². The third-order valence-electron chi connectivity index (χ3n) is 5.20. The molecule has 0 bridgehead atoms. The average Bonchev–Trinajstić information content (AvgIpc) is 3.34. The summed E-state index contributed by atoms with van der Waals surface area (Å²) in [6.07, 6.45) is 1.70. The van der Waals surface area contributed by atoms with Crippen LogP contribution in [0.25, 0.3) is 10.9 Å². The molecule has 150 valence electrons. The van der Waals surface area contributed by atoms with E-state index in [2.05, 4.69) is 4.98 Å². The van der Waals surface area contributed by atoms with Crippen LogP contribution in [0.3, 0.4) is 0 Å². The van der Waals surface area contributed by atoms with E-state index in [-0.39, 0.29) is 31.0 Å². The quantitative estimate of drug-likeness (QED) is 0.673. The number of benzene rings is 2. The molecule has 0 spiro atoms. The second kappa shape index (κ2) is 7.95. The second-order valence-corrected chi connectivity index (χ2v) is 7.03. The van der Waals surface area contributed by atoms with Crippen LogP contribution in [0.15, 0.2) is 54.7 Å². The Hall–Kier alpha value is -3.35. The van der Waals surface area contributed by atoms with Crippen LogP contribution in [-0.2, 0) is 20.7 Å². The van der Waals surface area contributed by atoms with Gasteiger partial charge in [0.15, 0.2) is 11.6 Å². The Kier molecular flexibility index (Phi) is 5.20. The minimum absolute atomic E-state index is 0.104. The Morgan fingerprint density at radius 3 is 2.72 bits per heavy atom. The molecule has 2 atom stereocenters. The highest BCUT2D eigenvalue weighted by atomic mass is 19.1. The van der Waals surface area contributed by atoms with Crippen molar-refractivity contribution in [3.63, 3.8) is 0 Å². The summed E-state index contributed by atoms with van der Waals surface area (Å²) in [6, 6.07) is 13.0. The summed E-state index contributed by atoms with van der Waals surface area (Å²) in [6.45, 7) is 0.190. The van der Waals surface area contributed by atoms with Gasteiger partial charge < -0.3 is 19.4 Å². The molecule has 0 unspecified atom stereocenters. The van der Waals surface area contributed by atoms with Crippen molar-refractivity contribution in [2.75, 3.05) is 13.7 Å². The first kappa shape index (κ1) is 19.0. The molecule has 1 amide bonds. The van der Waals surface area contributed by atoms with Crippen LogP contribution in [0.5, 0.6) is 5.75 Å². The van der Waals surface area contributed by atoms with E-state index < -0.39 is 23.9 Å². The zero-order valence-electron chi connectivity index (χ0n) is 15.9. The topological polar surface area (TPSA) is 71.6 Å². The van der Waals surface area contributed by atoms with Crippen LogP contribution < -0.4 is 4.74 Å². The zero-order valence-corrected chi connectivity index (χ0v) is 15.9. The van der Waals surface area contributed by atoms with Crippen molar-refractivity contribution >= 4 is 22.8 Å². The SMILES string of the molecule is COC(=O)[C@@H]1C[C@@H](Oc2ccccc2F)CN1C(=O)Cc1c[nH]c2ccccc12. The van der Waals surface area contributed by atoms with E-state index in [1.807, 2.05) is 24.3 Å². The van der Waals surface area contributed by atoms with Crippen molar-refractivity contribution in [2.45, 2.75) is 25.0 Å². The summed E-state index contributed by atoms with van der Waals surface area (Å²) >= 11 is 0. The van der Waals surface area contributed by atoms with E-state index in [0.717, 1.165) is 16.5 Å². The first-order valence-electron chi connectivity index (χ1n) is 9.40. The normalized spacial score (nSPS) is 18.8. The highest BCUT2D eigenvalue weighted by Crippen LogP contribution is 2.27. The summed E-state index contributed by atoms with van der Waals surface area (Å²) < 4.78 is 24.5. The van der Waals surface area contributed by atoms with Gasteiger partial charge in [-0.2, -0.15) is 0 Å². The number of aromatic nitrogens is 1. The molecule has 1 aromatic heterocycles. The number of hydrogen-bond acceptors (Lipinski definition) is 4. The number of ether oxygens (including phenoxy) is 2. The fraction of sp³-hybridized carbons (Fsp3) is 0.273. The Bertz CT molecular complexity index is 1050. The lowest BCUT2D eigenvalue weighted by Crippen LogP contribution is -2.42. The van der Waals surface area contributed by atoms with E-state index in [9.17, 15) is 14.0 Å². The fourth-order valence-electron chi connectivity index (χ4n) is 3.78. The Morgan fingerprint density at radius 1 is 1.17 bits per heavy atom.